The Kier molecular flexibility index (Phi) is 8.18. The van der Waals surface area contributed by atoms with Crippen LogP contribution in [0.15, 0.2) is 48.5 Å². The molecule has 1 heterocycles. The van der Waals surface area contributed by atoms with Gasteiger partial charge in [-0.3, -0.25) is 4.79 Å². The molecule has 0 aromatic heterocycles. The van der Waals surface area contributed by atoms with Crippen LogP contribution in [-0.2, 0) is 11.2 Å². The van der Waals surface area contributed by atoms with E-state index in [1.807, 2.05) is 17.9 Å². The molecule has 1 amide bonds. The van der Waals surface area contributed by atoms with Gasteiger partial charge in [0.1, 0.15) is 5.82 Å². The number of nitrogens with zero attached hydrogens (tertiary/aromatic N) is 2. The number of ether oxygens (including phenoxy) is 1. The minimum absolute atomic E-state index is 0.0178. The predicted molar refractivity (Wildman–Crippen MR) is 119 cm³/mol. The Bertz CT molecular complexity index is 885. The van der Waals surface area contributed by atoms with Crippen LogP contribution in [0.3, 0.4) is 0 Å². The second kappa shape index (κ2) is 11.0. The van der Waals surface area contributed by atoms with E-state index in [-0.39, 0.29) is 11.7 Å². The van der Waals surface area contributed by atoms with E-state index in [2.05, 4.69) is 4.90 Å². The molecule has 3 rings (SSSR count). The summed E-state index contributed by atoms with van der Waals surface area (Å²) in [6.45, 7) is 6.23. The van der Waals surface area contributed by atoms with Gasteiger partial charge in [0, 0.05) is 31.7 Å². The number of likely N-dealkylation sites (tertiary alicyclic amines) is 1. The van der Waals surface area contributed by atoms with Crippen LogP contribution in [-0.4, -0.2) is 61.5 Å². The molecular formula is C25H31FN2O3. The molecule has 6 heteroatoms. The molecule has 31 heavy (non-hydrogen) atoms. The zero-order valence-corrected chi connectivity index (χ0v) is 18.4. The molecule has 1 saturated heterocycles. The third kappa shape index (κ3) is 6.37. The van der Waals surface area contributed by atoms with Gasteiger partial charge in [-0.25, -0.2) is 9.18 Å². The van der Waals surface area contributed by atoms with Crippen LogP contribution in [0.25, 0.3) is 0 Å². The molecule has 2 aromatic carbocycles. The summed E-state index contributed by atoms with van der Waals surface area (Å²) in [6.07, 6.45) is 3.03. The number of halogens is 1. The SMILES string of the molecule is CCN(C[C@H]1CCCN(CCc2cccc(F)c2)C1)C(=O)c1ccc(C(=O)OC)cc1. The van der Waals surface area contributed by atoms with Gasteiger partial charge >= 0.3 is 5.97 Å². The number of carbonyl (C=O) groups excluding carboxylic acids is 2. The Hall–Kier alpha value is -2.73. The molecule has 1 aliphatic heterocycles. The van der Waals surface area contributed by atoms with E-state index in [1.54, 1.807) is 36.4 Å². The number of rotatable bonds is 8. The molecule has 0 unspecified atom stereocenters. The lowest BCUT2D eigenvalue weighted by atomic mass is 9.96. The standard InChI is InChI=1S/C25H31FN2O3/c1-3-28(24(29)21-9-11-22(12-10-21)25(30)31-2)18-20-7-5-14-27(17-20)15-13-19-6-4-8-23(26)16-19/h4,6,8-12,16,20H,3,5,7,13-15,17-18H2,1-2H3/t20-/m0/s1. The van der Waals surface area contributed by atoms with E-state index >= 15 is 0 Å². The van der Waals surface area contributed by atoms with Crippen molar-refractivity contribution in [2.75, 3.05) is 39.8 Å². The fourth-order valence-electron chi connectivity index (χ4n) is 4.20. The Balaban J connectivity index is 1.55. The Morgan fingerprint density at radius 2 is 1.90 bits per heavy atom. The molecule has 0 spiro atoms. The molecule has 1 fully saturated rings. The van der Waals surface area contributed by atoms with E-state index in [4.69, 9.17) is 4.74 Å². The van der Waals surface area contributed by atoms with E-state index in [0.717, 1.165) is 44.5 Å². The second-order valence-corrected chi connectivity index (χ2v) is 8.10. The number of hydrogen-bond acceptors (Lipinski definition) is 4. The van der Waals surface area contributed by atoms with Crippen LogP contribution in [0.2, 0.25) is 0 Å². The van der Waals surface area contributed by atoms with Crippen LogP contribution in [0.1, 0.15) is 46.0 Å². The van der Waals surface area contributed by atoms with Gasteiger partial charge in [-0.1, -0.05) is 12.1 Å². The first-order valence-electron chi connectivity index (χ1n) is 10.9. The van der Waals surface area contributed by atoms with Crippen molar-refractivity contribution >= 4 is 11.9 Å². The third-order valence-corrected chi connectivity index (χ3v) is 5.91. The minimum Gasteiger partial charge on any atom is -0.465 e. The molecular weight excluding hydrogens is 395 g/mol. The molecule has 0 bridgehead atoms. The summed E-state index contributed by atoms with van der Waals surface area (Å²) in [7, 11) is 1.34. The third-order valence-electron chi connectivity index (χ3n) is 5.91. The van der Waals surface area contributed by atoms with Crippen molar-refractivity contribution in [3.05, 3.63) is 71.0 Å². The number of amides is 1. The number of carbonyl (C=O) groups is 2. The number of methoxy groups -OCH3 is 1. The molecule has 5 nitrogen and oxygen atoms in total. The number of piperidine rings is 1. The first kappa shape index (κ1) is 22.9. The molecule has 1 atom stereocenters. The van der Waals surface area contributed by atoms with Crippen LogP contribution in [0.5, 0.6) is 0 Å². The van der Waals surface area contributed by atoms with Gasteiger partial charge in [-0.2, -0.15) is 0 Å². The van der Waals surface area contributed by atoms with Crippen LogP contribution < -0.4 is 0 Å². The highest BCUT2D eigenvalue weighted by molar-refractivity contribution is 5.96. The van der Waals surface area contributed by atoms with E-state index in [0.29, 0.717) is 30.1 Å². The highest BCUT2D eigenvalue weighted by atomic mass is 19.1. The van der Waals surface area contributed by atoms with Crippen molar-refractivity contribution < 1.29 is 18.7 Å². The molecule has 0 aliphatic carbocycles. The molecule has 1 aliphatic rings. The second-order valence-electron chi connectivity index (χ2n) is 8.10. The van der Waals surface area contributed by atoms with Crippen molar-refractivity contribution in [2.24, 2.45) is 5.92 Å². The summed E-state index contributed by atoms with van der Waals surface area (Å²) in [4.78, 5) is 28.9. The van der Waals surface area contributed by atoms with Crippen LogP contribution >= 0.6 is 0 Å². The van der Waals surface area contributed by atoms with Gasteiger partial charge in [-0.15, -0.1) is 0 Å². The Labute approximate surface area is 183 Å². The monoisotopic (exact) mass is 426 g/mol. The van der Waals surface area contributed by atoms with Gasteiger partial charge in [0.25, 0.3) is 5.91 Å². The fraction of sp³-hybridized carbons (Fsp3) is 0.440. The Morgan fingerprint density at radius 1 is 1.16 bits per heavy atom. The fourth-order valence-corrected chi connectivity index (χ4v) is 4.20. The van der Waals surface area contributed by atoms with Crippen molar-refractivity contribution in [1.29, 1.82) is 0 Å². The summed E-state index contributed by atoms with van der Waals surface area (Å²) in [5.74, 6) is -0.201. The molecule has 2 aromatic rings. The predicted octanol–water partition coefficient (Wildman–Crippen LogP) is 4.03. The van der Waals surface area contributed by atoms with Gasteiger partial charge < -0.3 is 14.5 Å². The van der Waals surface area contributed by atoms with E-state index in [9.17, 15) is 14.0 Å². The lowest BCUT2D eigenvalue weighted by Gasteiger charge is -2.35. The summed E-state index contributed by atoms with van der Waals surface area (Å²) >= 11 is 0. The van der Waals surface area contributed by atoms with Gasteiger partial charge in [0.2, 0.25) is 0 Å². The topological polar surface area (TPSA) is 49.9 Å². The van der Waals surface area contributed by atoms with Crippen molar-refractivity contribution in [3.63, 3.8) is 0 Å². The van der Waals surface area contributed by atoms with Gasteiger partial charge in [0.15, 0.2) is 0 Å². The average Bonchev–Trinajstić information content (AvgIpc) is 2.80. The van der Waals surface area contributed by atoms with Crippen LogP contribution in [0.4, 0.5) is 4.39 Å². The van der Waals surface area contributed by atoms with Crippen molar-refractivity contribution in [3.8, 4) is 0 Å². The van der Waals surface area contributed by atoms with Crippen molar-refractivity contribution in [1.82, 2.24) is 9.80 Å². The highest BCUT2D eigenvalue weighted by Crippen LogP contribution is 2.20. The van der Waals surface area contributed by atoms with Gasteiger partial charge in [0.05, 0.1) is 12.7 Å². The average molecular weight is 427 g/mol. The highest BCUT2D eigenvalue weighted by Gasteiger charge is 2.24. The first-order valence-corrected chi connectivity index (χ1v) is 10.9. The summed E-state index contributed by atoms with van der Waals surface area (Å²) in [6, 6.07) is 13.4. The lowest BCUT2D eigenvalue weighted by molar-refractivity contribution is 0.0599. The molecule has 0 saturated carbocycles. The smallest absolute Gasteiger partial charge is 0.337 e. The first-order chi connectivity index (χ1) is 15.0. The zero-order chi connectivity index (χ0) is 22.2. The zero-order valence-electron chi connectivity index (χ0n) is 18.4. The quantitative estimate of drug-likeness (QED) is 0.598. The summed E-state index contributed by atoms with van der Waals surface area (Å²) < 4.78 is 18.1. The molecule has 0 N–H and O–H groups in total. The van der Waals surface area contributed by atoms with Crippen LogP contribution in [0, 0.1) is 11.7 Å². The van der Waals surface area contributed by atoms with E-state index < -0.39 is 5.97 Å². The summed E-state index contributed by atoms with van der Waals surface area (Å²) in [5.41, 5.74) is 2.03. The summed E-state index contributed by atoms with van der Waals surface area (Å²) in [5, 5.41) is 0. The number of esters is 1. The van der Waals surface area contributed by atoms with Gasteiger partial charge in [-0.05, 0) is 80.6 Å². The maximum absolute atomic E-state index is 13.4. The molecule has 166 valence electrons. The molecule has 0 radical (unpaired) electrons. The van der Waals surface area contributed by atoms with E-state index in [1.165, 1.54) is 13.2 Å². The Morgan fingerprint density at radius 3 is 2.58 bits per heavy atom. The maximum atomic E-state index is 13.4. The number of hydrogen-bond donors (Lipinski definition) is 0. The minimum atomic E-state index is -0.410. The largest absolute Gasteiger partial charge is 0.465 e. The maximum Gasteiger partial charge on any atom is 0.337 e. The normalized spacial score (nSPS) is 16.7. The number of benzene rings is 2. The van der Waals surface area contributed by atoms with Crippen molar-refractivity contribution in [2.45, 2.75) is 26.2 Å². The lowest BCUT2D eigenvalue weighted by Crippen LogP contribution is -2.43.